The number of allylic oxidation sites excluding steroid dienone is 2. The van der Waals surface area contributed by atoms with Gasteiger partial charge >= 0.3 is 5.97 Å². The van der Waals surface area contributed by atoms with Gasteiger partial charge < -0.3 is 19.0 Å². The molecule has 10 heteroatoms. The Hall–Kier alpha value is -1.78. The molecule has 1 saturated heterocycles. The normalized spacial score (nSPS) is 29.0. The molecule has 1 heterocycles. The van der Waals surface area contributed by atoms with Crippen molar-refractivity contribution in [1.29, 1.82) is 0 Å². The van der Waals surface area contributed by atoms with Gasteiger partial charge in [0, 0.05) is 38.2 Å². The smallest absolute Gasteiger partial charge is 0.302 e. The van der Waals surface area contributed by atoms with Crippen LogP contribution in [0.15, 0.2) is 12.2 Å². The highest BCUT2D eigenvalue weighted by molar-refractivity contribution is 7.89. The molecule has 9 nitrogen and oxygen atoms in total. The van der Waals surface area contributed by atoms with Crippen LogP contribution in [0, 0.1) is 11.8 Å². The molecule has 5 atom stereocenters. The largest absolute Gasteiger partial charge is 0.462 e. The van der Waals surface area contributed by atoms with Crippen molar-refractivity contribution >= 4 is 28.2 Å². The van der Waals surface area contributed by atoms with Crippen LogP contribution in [0.5, 0.6) is 0 Å². The maximum absolute atomic E-state index is 11.8. The quantitative estimate of drug-likeness (QED) is 0.215. The average Bonchev–Trinajstić information content (AvgIpc) is 2.99. The zero-order valence-electron chi connectivity index (χ0n) is 18.2. The standard InChI is InChI=1S/C21H33NO8S/c1-15(24)29-18-13-19(30-21-11-7-8-12-28-21)17(14-23)16(18)9-5-3-4-6-10-20(25)22-31(2,26)27/h3,5,14,16-19,21H,4,6-13H2,1-2H3,(H,22,25)/t16-,17-,18+,19-,21?/m1/s1. The summed E-state index contributed by atoms with van der Waals surface area (Å²) in [7, 11) is -3.54. The van der Waals surface area contributed by atoms with Crippen molar-refractivity contribution in [2.24, 2.45) is 11.8 Å². The molecule has 2 rings (SSSR count). The van der Waals surface area contributed by atoms with Crippen molar-refractivity contribution in [3.63, 3.8) is 0 Å². The molecule has 0 aromatic carbocycles. The molecule has 2 aliphatic rings. The molecular formula is C21H33NO8S. The number of rotatable bonds is 11. The van der Waals surface area contributed by atoms with Crippen LogP contribution in [0.2, 0.25) is 0 Å². The minimum absolute atomic E-state index is 0.102. The van der Waals surface area contributed by atoms with Gasteiger partial charge in [-0.25, -0.2) is 8.42 Å². The summed E-state index contributed by atoms with van der Waals surface area (Å²) in [5.41, 5.74) is 0. The molecule has 31 heavy (non-hydrogen) atoms. The minimum atomic E-state index is -3.54. The number of hydrogen-bond acceptors (Lipinski definition) is 8. The van der Waals surface area contributed by atoms with E-state index in [9.17, 15) is 22.8 Å². The third-order valence-electron chi connectivity index (χ3n) is 5.45. The van der Waals surface area contributed by atoms with Crippen LogP contribution in [-0.2, 0) is 38.6 Å². The molecule has 0 radical (unpaired) electrons. The molecule has 176 valence electrons. The fourth-order valence-corrected chi connectivity index (χ4v) is 4.62. The number of carbonyl (C=O) groups excluding carboxylic acids is 3. The zero-order chi connectivity index (χ0) is 22.9. The molecule has 1 aliphatic carbocycles. The minimum Gasteiger partial charge on any atom is -0.462 e. The van der Waals surface area contributed by atoms with Crippen LogP contribution >= 0.6 is 0 Å². The number of hydrogen-bond donors (Lipinski definition) is 1. The van der Waals surface area contributed by atoms with Gasteiger partial charge in [-0.1, -0.05) is 12.2 Å². The maximum Gasteiger partial charge on any atom is 0.302 e. The predicted octanol–water partition coefficient (Wildman–Crippen LogP) is 1.86. The van der Waals surface area contributed by atoms with Crippen molar-refractivity contribution < 1.29 is 37.0 Å². The van der Waals surface area contributed by atoms with Gasteiger partial charge in [-0.2, -0.15) is 0 Å². The van der Waals surface area contributed by atoms with Gasteiger partial charge in [0.25, 0.3) is 0 Å². The second kappa shape index (κ2) is 12.3. The van der Waals surface area contributed by atoms with Gasteiger partial charge in [-0.05, 0) is 38.5 Å². The summed E-state index contributed by atoms with van der Waals surface area (Å²) < 4.78 is 41.1. The van der Waals surface area contributed by atoms with Crippen LogP contribution < -0.4 is 4.72 Å². The SMILES string of the molecule is CC(=O)O[C@H]1C[C@@H](OC2CCCCO2)[C@H](C=O)[C@H]1CC=CCCCC(=O)NS(C)(=O)=O. The van der Waals surface area contributed by atoms with E-state index in [1.54, 1.807) is 0 Å². The summed E-state index contributed by atoms with van der Waals surface area (Å²) >= 11 is 0. The second-order valence-corrected chi connectivity index (χ2v) is 9.88. The Morgan fingerprint density at radius 2 is 1.97 bits per heavy atom. The maximum atomic E-state index is 11.8. The molecule has 1 N–H and O–H groups in total. The van der Waals surface area contributed by atoms with E-state index in [2.05, 4.69) is 0 Å². The van der Waals surface area contributed by atoms with Crippen molar-refractivity contribution in [2.45, 2.75) is 76.8 Å². The Balaban J connectivity index is 1.87. The van der Waals surface area contributed by atoms with Gasteiger partial charge in [0.05, 0.1) is 12.4 Å². The molecule has 0 bridgehead atoms. The summed E-state index contributed by atoms with van der Waals surface area (Å²) in [6.07, 6.45) is 9.49. The zero-order valence-corrected chi connectivity index (χ0v) is 19.0. The fourth-order valence-electron chi connectivity index (χ4n) is 4.10. The second-order valence-electron chi connectivity index (χ2n) is 8.13. The molecule has 1 unspecified atom stereocenters. The number of esters is 1. The van der Waals surface area contributed by atoms with E-state index < -0.39 is 33.9 Å². The van der Waals surface area contributed by atoms with Crippen LogP contribution in [-0.4, -0.2) is 57.9 Å². The van der Waals surface area contributed by atoms with E-state index in [1.807, 2.05) is 16.9 Å². The predicted molar refractivity (Wildman–Crippen MR) is 112 cm³/mol. The lowest BCUT2D eigenvalue weighted by Crippen LogP contribution is -2.32. The fraction of sp³-hybridized carbons (Fsp3) is 0.762. The van der Waals surface area contributed by atoms with Crippen LogP contribution in [0.25, 0.3) is 0 Å². The lowest BCUT2D eigenvalue weighted by molar-refractivity contribution is -0.195. The molecule has 2 fully saturated rings. The van der Waals surface area contributed by atoms with Gasteiger partial charge in [-0.3, -0.25) is 14.3 Å². The first kappa shape index (κ1) is 25.5. The number of amides is 1. The highest BCUT2D eigenvalue weighted by atomic mass is 32.2. The van der Waals surface area contributed by atoms with Gasteiger partial charge in [0.15, 0.2) is 6.29 Å². The topological polar surface area (TPSA) is 125 Å². The summed E-state index contributed by atoms with van der Waals surface area (Å²) in [6, 6.07) is 0. The summed E-state index contributed by atoms with van der Waals surface area (Å²) in [6.45, 7) is 1.99. The lowest BCUT2D eigenvalue weighted by Gasteiger charge is -2.27. The monoisotopic (exact) mass is 459 g/mol. The number of carbonyl (C=O) groups is 3. The first-order chi connectivity index (χ1) is 14.7. The molecule has 0 aromatic rings. The van der Waals surface area contributed by atoms with Gasteiger partial charge in [-0.15, -0.1) is 0 Å². The molecule has 1 saturated carbocycles. The van der Waals surface area contributed by atoms with E-state index in [4.69, 9.17) is 14.2 Å². The number of sulfonamides is 1. The van der Waals surface area contributed by atoms with Crippen LogP contribution in [0.4, 0.5) is 0 Å². The molecule has 1 aliphatic heterocycles. The number of nitrogens with one attached hydrogen (secondary N) is 1. The molecule has 0 spiro atoms. The Labute approximate surface area is 183 Å². The first-order valence-corrected chi connectivity index (χ1v) is 12.6. The Morgan fingerprint density at radius 3 is 2.58 bits per heavy atom. The summed E-state index contributed by atoms with van der Waals surface area (Å²) in [5.74, 6) is -1.53. The van der Waals surface area contributed by atoms with Crippen molar-refractivity contribution in [2.75, 3.05) is 12.9 Å². The molecule has 0 aromatic heterocycles. The Bertz CT molecular complexity index is 744. The van der Waals surface area contributed by atoms with Gasteiger partial charge in [0.1, 0.15) is 12.4 Å². The molecular weight excluding hydrogens is 426 g/mol. The van der Waals surface area contributed by atoms with E-state index in [0.717, 1.165) is 31.8 Å². The van der Waals surface area contributed by atoms with E-state index >= 15 is 0 Å². The van der Waals surface area contributed by atoms with Gasteiger partial charge in [0.2, 0.25) is 15.9 Å². The van der Waals surface area contributed by atoms with E-state index in [-0.39, 0.29) is 24.7 Å². The van der Waals surface area contributed by atoms with Crippen molar-refractivity contribution in [3.8, 4) is 0 Å². The highest BCUT2D eigenvalue weighted by Crippen LogP contribution is 2.39. The van der Waals surface area contributed by atoms with E-state index in [0.29, 0.717) is 32.3 Å². The third-order valence-corrected chi connectivity index (χ3v) is 6.05. The number of unbranched alkanes of at least 4 members (excludes halogenated alkanes) is 1. The van der Waals surface area contributed by atoms with Crippen molar-refractivity contribution in [3.05, 3.63) is 12.2 Å². The number of aldehydes is 1. The van der Waals surface area contributed by atoms with E-state index in [1.165, 1.54) is 6.92 Å². The van der Waals surface area contributed by atoms with Crippen LogP contribution in [0.1, 0.15) is 58.3 Å². The Kier molecular flexibility index (Phi) is 10.1. The first-order valence-electron chi connectivity index (χ1n) is 10.7. The summed E-state index contributed by atoms with van der Waals surface area (Å²) in [5, 5.41) is 0. The molecule has 1 amide bonds. The lowest BCUT2D eigenvalue weighted by atomic mass is 9.91. The summed E-state index contributed by atoms with van der Waals surface area (Å²) in [4.78, 5) is 34.9. The van der Waals surface area contributed by atoms with Crippen LogP contribution in [0.3, 0.4) is 0 Å². The number of ether oxygens (including phenoxy) is 3. The average molecular weight is 460 g/mol. The Morgan fingerprint density at radius 1 is 1.19 bits per heavy atom. The highest BCUT2D eigenvalue weighted by Gasteiger charge is 2.46. The third kappa shape index (κ3) is 9.08. The van der Waals surface area contributed by atoms with Crippen molar-refractivity contribution in [1.82, 2.24) is 4.72 Å².